The van der Waals surface area contributed by atoms with Crippen molar-refractivity contribution in [3.63, 3.8) is 0 Å². The van der Waals surface area contributed by atoms with Crippen LogP contribution in [-0.2, 0) is 0 Å². The van der Waals surface area contributed by atoms with Crippen LogP contribution in [0.25, 0.3) is 0 Å². The van der Waals surface area contributed by atoms with E-state index in [-0.39, 0.29) is 5.47 Å². The molecule has 0 amide bonds. The third-order valence-corrected chi connectivity index (χ3v) is 10.6. The van der Waals surface area contributed by atoms with E-state index in [1.54, 1.807) is 47.6 Å². The third-order valence-electron chi connectivity index (χ3n) is 6.54. The van der Waals surface area contributed by atoms with E-state index in [2.05, 4.69) is 0 Å². The molecular formula is C26H25BF10Si. The summed E-state index contributed by atoms with van der Waals surface area (Å²) in [6.45, 7) is 11.3. The molecule has 0 atom stereocenters. The average Bonchev–Trinajstić information content (AvgIpc) is 2.78. The van der Waals surface area contributed by atoms with Gasteiger partial charge >= 0.3 is 0 Å². The van der Waals surface area contributed by atoms with Crippen LogP contribution in [0.1, 0.15) is 41.5 Å². The Balaban J connectivity index is 2.70. The first-order chi connectivity index (χ1) is 17.1. The lowest BCUT2D eigenvalue weighted by Crippen LogP contribution is -2.61. The highest BCUT2D eigenvalue weighted by atomic mass is 28.3. The van der Waals surface area contributed by atoms with E-state index in [4.69, 9.17) is 0 Å². The van der Waals surface area contributed by atoms with E-state index in [1.807, 2.05) is 13.1 Å². The standard InChI is InChI=1S/C26H25BF10Si/c1-25(2,3)9-10-11(24(26(4,5)6)38(10,7)8)27(12-14(28)18(32)22(36)19(33)15(12)29)13-16(30)20(34)23(37)21(35)17(13)31/h9H,1-8H3/b10-9+. The lowest BCUT2D eigenvalue weighted by molar-refractivity contribution is 0.382. The van der Waals surface area contributed by atoms with Gasteiger partial charge in [0, 0.05) is 10.9 Å². The van der Waals surface area contributed by atoms with Gasteiger partial charge in [-0.3, -0.25) is 0 Å². The van der Waals surface area contributed by atoms with E-state index in [1.165, 1.54) is 0 Å². The number of hydrogen-bond acceptors (Lipinski definition) is 0. The van der Waals surface area contributed by atoms with Crippen molar-refractivity contribution >= 4 is 25.7 Å². The maximum Gasteiger partial charge on any atom is 0.256 e. The van der Waals surface area contributed by atoms with Gasteiger partial charge in [0.15, 0.2) is 58.2 Å². The van der Waals surface area contributed by atoms with Crippen LogP contribution in [0, 0.1) is 69.0 Å². The summed E-state index contributed by atoms with van der Waals surface area (Å²) >= 11 is 0. The highest BCUT2D eigenvalue weighted by Crippen LogP contribution is 2.52. The quantitative estimate of drug-likeness (QED) is 0.158. The molecule has 12 heteroatoms. The lowest BCUT2D eigenvalue weighted by Gasteiger charge is -2.51. The maximum absolute atomic E-state index is 15.2. The summed E-state index contributed by atoms with van der Waals surface area (Å²) in [5, 5.41) is 0.756. The first kappa shape index (κ1) is 30.0. The molecule has 1 aliphatic heterocycles. The molecule has 0 unspecified atom stereocenters. The number of halogens is 10. The molecule has 0 saturated heterocycles. The molecule has 3 rings (SSSR count). The van der Waals surface area contributed by atoms with Crippen LogP contribution in [-0.4, -0.2) is 14.8 Å². The van der Waals surface area contributed by atoms with Crippen LogP contribution in [0.5, 0.6) is 0 Å². The molecular weight excluding hydrogens is 541 g/mol. The van der Waals surface area contributed by atoms with E-state index in [9.17, 15) is 26.3 Å². The van der Waals surface area contributed by atoms with Crippen molar-refractivity contribution in [1.82, 2.24) is 0 Å². The highest BCUT2D eigenvalue weighted by molar-refractivity contribution is 7.05. The number of rotatable bonds is 3. The number of hydrogen-bond donors (Lipinski definition) is 0. The molecule has 0 nitrogen and oxygen atoms in total. The summed E-state index contributed by atoms with van der Waals surface area (Å²) < 4.78 is 146. The molecule has 0 spiro atoms. The van der Waals surface area contributed by atoms with Gasteiger partial charge < -0.3 is 0 Å². The highest BCUT2D eigenvalue weighted by Gasteiger charge is 2.55. The monoisotopic (exact) mass is 566 g/mol. The van der Waals surface area contributed by atoms with Crippen molar-refractivity contribution in [2.45, 2.75) is 54.6 Å². The van der Waals surface area contributed by atoms with Crippen LogP contribution in [0.4, 0.5) is 43.9 Å². The van der Waals surface area contributed by atoms with Crippen LogP contribution in [0.15, 0.2) is 21.9 Å². The first-order valence-electron chi connectivity index (χ1n) is 11.6. The second-order valence-electron chi connectivity index (χ2n) is 12.0. The summed E-state index contributed by atoms with van der Waals surface area (Å²) in [6, 6.07) is 0. The van der Waals surface area contributed by atoms with Crippen molar-refractivity contribution < 1.29 is 43.9 Å². The van der Waals surface area contributed by atoms with Gasteiger partial charge in [-0.25, -0.2) is 43.9 Å². The molecule has 0 bridgehead atoms. The van der Waals surface area contributed by atoms with Crippen molar-refractivity contribution in [3.05, 3.63) is 80.1 Å². The van der Waals surface area contributed by atoms with Gasteiger partial charge in [0.1, 0.15) is 8.07 Å². The second kappa shape index (κ2) is 9.31. The first-order valence-corrected chi connectivity index (χ1v) is 14.6. The molecule has 0 saturated carbocycles. The molecule has 0 aromatic heterocycles. The van der Waals surface area contributed by atoms with E-state index in [0.717, 1.165) is 0 Å². The summed E-state index contributed by atoms with van der Waals surface area (Å²) in [5.74, 6) is -24.4. The van der Waals surface area contributed by atoms with Gasteiger partial charge in [0.05, 0.1) is 0 Å². The fourth-order valence-corrected chi connectivity index (χ4v) is 10.0. The Bertz CT molecular complexity index is 1280. The fraction of sp³-hybridized carbons (Fsp3) is 0.385. The molecule has 0 fully saturated rings. The summed E-state index contributed by atoms with van der Waals surface area (Å²) in [6.07, 6.45) is 1.63. The number of allylic oxidation sites excluding steroid dienone is 4. The minimum atomic E-state index is -2.76. The summed E-state index contributed by atoms with van der Waals surface area (Å²) in [5.41, 5.74) is -5.15. The molecule has 0 radical (unpaired) electrons. The fourth-order valence-electron chi connectivity index (χ4n) is 5.40. The Hall–Kier alpha value is -2.50. The Morgan fingerprint density at radius 2 is 0.816 bits per heavy atom. The third kappa shape index (κ3) is 4.52. The van der Waals surface area contributed by atoms with Crippen LogP contribution >= 0.6 is 0 Å². The van der Waals surface area contributed by atoms with Crippen LogP contribution in [0.2, 0.25) is 13.1 Å². The van der Waals surface area contributed by atoms with E-state index >= 15 is 17.6 Å². The molecule has 2 aromatic carbocycles. The Labute approximate surface area is 215 Å². The summed E-state index contributed by atoms with van der Waals surface area (Å²) in [7, 11) is -2.76. The van der Waals surface area contributed by atoms with Gasteiger partial charge in [-0.15, -0.1) is 0 Å². The Kier molecular flexibility index (Phi) is 7.36. The topological polar surface area (TPSA) is 0 Å². The van der Waals surface area contributed by atoms with Gasteiger partial charge in [-0.2, -0.15) is 0 Å². The zero-order chi connectivity index (χ0) is 29.4. The molecule has 2 aromatic rings. The largest absolute Gasteiger partial charge is 0.256 e. The minimum Gasteiger partial charge on any atom is -0.204 e. The smallest absolute Gasteiger partial charge is 0.204 e. The molecule has 0 aliphatic carbocycles. The lowest BCUT2D eigenvalue weighted by atomic mass is 9.34. The average molecular weight is 566 g/mol. The van der Waals surface area contributed by atoms with Crippen molar-refractivity contribution in [2.75, 3.05) is 0 Å². The van der Waals surface area contributed by atoms with Gasteiger partial charge in [-0.05, 0) is 10.8 Å². The Morgan fingerprint density at radius 3 is 1.08 bits per heavy atom. The van der Waals surface area contributed by atoms with E-state index < -0.39 is 94.7 Å². The maximum atomic E-state index is 15.2. The predicted octanol–water partition coefficient (Wildman–Crippen LogP) is 7.34. The van der Waals surface area contributed by atoms with Gasteiger partial charge in [0.2, 0.25) is 0 Å². The van der Waals surface area contributed by atoms with Crippen molar-refractivity contribution in [3.8, 4) is 0 Å². The summed E-state index contributed by atoms with van der Waals surface area (Å²) in [4.78, 5) is 0. The Morgan fingerprint density at radius 1 is 0.526 bits per heavy atom. The molecule has 38 heavy (non-hydrogen) atoms. The van der Waals surface area contributed by atoms with Crippen LogP contribution < -0.4 is 10.9 Å². The van der Waals surface area contributed by atoms with Crippen molar-refractivity contribution in [2.24, 2.45) is 10.8 Å². The minimum absolute atomic E-state index is 0.226. The molecule has 1 heterocycles. The molecule has 0 N–H and O–H groups in total. The zero-order valence-corrected chi connectivity index (χ0v) is 22.9. The second-order valence-corrected chi connectivity index (χ2v) is 16.3. The van der Waals surface area contributed by atoms with Crippen molar-refractivity contribution in [1.29, 1.82) is 0 Å². The number of benzene rings is 2. The molecule has 1 aliphatic rings. The predicted molar refractivity (Wildman–Crippen MR) is 129 cm³/mol. The zero-order valence-electron chi connectivity index (χ0n) is 21.9. The normalized spacial score (nSPS) is 16.8. The van der Waals surface area contributed by atoms with Gasteiger partial charge in [-0.1, -0.05) is 76.6 Å². The van der Waals surface area contributed by atoms with Gasteiger partial charge in [0.25, 0.3) is 6.71 Å². The van der Waals surface area contributed by atoms with Crippen LogP contribution in [0.3, 0.4) is 0 Å². The van der Waals surface area contributed by atoms with E-state index in [0.29, 0.717) is 10.4 Å². The SMILES string of the molecule is CC(C)(C)/C=C1\C(B(c2c(F)c(F)c(F)c(F)c2F)c2c(F)c(F)c(F)c(F)c2F)=C(C(C)(C)C)[Si]1(C)C. The molecule has 206 valence electrons.